The van der Waals surface area contributed by atoms with Crippen molar-refractivity contribution < 1.29 is 4.79 Å². The summed E-state index contributed by atoms with van der Waals surface area (Å²) in [5.41, 5.74) is 1.33. The highest BCUT2D eigenvalue weighted by molar-refractivity contribution is 7.13. The molecular formula is C13H11ClN2OS. The first-order valence-corrected chi connectivity index (χ1v) is 6.57. The molecule has 1 heterocycles. The van der Waals surface area contributed by atoms with Gasteiger partial charge in [0.2, 0.25) is 0 Å². The molecule has 0 saturated carbocycles. The van der Waals surface area contributed by atoms with Gasteiger partial charge in [0, 0.05) is 22.5 Å². The zero-order chi connectivity index (χ0) is 13.0. The first kappa shape index (κ1) is 12.8. The Morgan fingerprint density at radius 2 is 2.39 bits per heavy atom. The Bertz CT molecular complexity index is 580. The van der Waals surface area contributed by atoms with E-state index >= 15 is 0 Å². The molecule has 3 nitrogen and oxygen atoms in total. The lowest BCUT2D eigenvalue weighted by Crippen LogP contribution is -2.23. The minimum Gasteiger partial charge on any atom is -0.347 e. The lowest BCUT2D eigenvalue weighted by molar-refractivity contribution is 0.0954. The highest BCUT2D eigenvalue weighted by atomic mass is 35.5. The van der Waals surface area contributed by atoms with E-state index in [0.717, 1.165) is 10.6 Å². The summed E-state index contributed by atoms with van der Waals surface area (Å²) in [6, 6.07) is 7.40. The van der Waals surface area contributed by atoms with E-state index in [-0.39, 0.29) is 5.91 Å². The molecule has 0 spiro atoms. The summed E-state index contributed by atoms with van der Waals surface area (Å²) in [6.45, 7) is 3.98. The van der Waals surface area contributed by atoms with Crippen molar-refractivity contribution in [2.45, 2.75) is 0 Å². The largest absolute Gasteiger partial charge is 0.347 e. The van der Waals surface area contributed by atoms with Crippen LogP contribution < -0.4 is 5.32 Å². The van der Waals surface area contributed by atoms with Gasteiger partial charge in [-0.25, -0.2) is 4.98 Å². The van der Waals surface area contributed by atoms with Gasteiger partial charge < -0.3 is 5.32 Å². The number of thiazole rings is 1. The highest BCUT2D eigenvalue weighted by Crippen LogP contribution is 2.25. The lowest BCUT2D eigenvalue weighted by atomic mass is 10.2. The number of rotatable bonds is 4. The number of carbonyl (C=O) groups excluding carboxylic acids is 1. The molecule has 1 N–H and O–H groups in total. The van der Waals surface area contributed by atoms with E-state index in [0.29, 0.717) is 17.3 Å². The summed E-state index contributed by atoms with van der Waals surface area (Å²) in [5, 5.41) is 5.85. The number of aromatic nitrogens is 1. The average Bonchev–Trinajstić information content (AvgIpc) is 2.85. The van der Waals surface area contributed by atoms with E-state index in [9.17, 15) is 4.79 Å². The van der Waals surface area contributed by atoms with Gasteiger partial charge in [0.25, 0.3) is 5.91 Å². The van der Waals surface area contributed by atoms with Crippen LogP contribution in [0.15, 0.2) is 42.3 Å². The van der Waals surface area contributed by atoms with Gasteiger partial charge >= 0.3 is 0 Å². The minimum atomic E-state index is -0.195. The van der Waals surface area contributed by atoms with Crippen molar-refractivity contribution in [1.29, 1.82) is 0 Å². The Labute approximate surface area is 114 Å². The molecule has 0 atom stereocenters. The first-order chi connectivity index (χ1) is 8.70. The van der Waals surface area contributed by atoms with Crippen LogP contribution in [0.4, 0.5) is 0 Å². The van der Waals surface area contributed by atoms with Crippen molar-refractivity contribution in [3.05, 3.63) is 53.0 Å². The van der Waals surface area contributed by atoms with Crippen molar-refractivity contribution in [1.82, 2.24) is 10.3 Å². The quantitative estimate of drug-likeness (QED) is 0.871. The zero-order valence-electron chi connectivity index (χ0n) is 9.52. The topological polar surface area (TPSA) is 42.0 Å². The number of nitrogens with zero attached hydrogens (tertiary/aromatic N) is 1. The maximum absolute atomic E-state index is 11.7. The molecule has 0 saturated heterocycles. The van der Waals surface area contributed by atoms with Gasteiger partial charge in [0.05, 0.1) is 0 Å². The van der Waals surface area contributed by atoms with Crippen LogP contribution in [0.25, 0.3) is 10.6 Å². The lowest BCUT2D eigenvalue weighted by Gasteiger charge is -1.98. The van der Waals surface area contributed by atoms with Crippen LogP contribution in [0.1, 0.15) is 10.5 Å². The van der Waals surface area contributed by atoms with Crippen molar-refractivity contribution >= 4 is 28.8 Å². The van der Waals surface area contributed by atoms with Gasteiger partial charge in [-0.2, -0.15) is 0 Å². The third-order valence-corrected chi connectivity index (χ3v) is 3.34. The normalized spacial score (nSPS) is 10.1. The van der Waals surface area contributed by atoms with E-state index in [1.165, 1.54) is 11.3 Å². The second-order valence-electron chi connectivity index (χ2n) is 3.55. The second-order valence-corrected chi connectivity index (χ2v) is 4.84. The van der Waals surface area contributed by atoms with Crippen molar-refractivity contribution in [2.75, 3.05) is 6.54 Å². The predicted molar refractivity (Wildman–Crippen MR) is 75.1 cm³/mol. The number of hydrogen-bond donors (Lipinski definition) is 1. The number of halogens is 1. The van der Waals surface area contributed by atoms with E-state index in [1.54, 1.807) is 17.5 Å². The van der Waals surface area contributed by atoms with Crippen molar-refractivity contribution in [3.8, 4) is 10.6 Å². The molecule has 0 radical (unpaired) electrons. The molecule has 18 heavy (non-hydrogen) atoms. The summed E-state index contributed by atoms with van der Waals surface area (Å²) in [7, 11) is 0. The van der Waals surface area contributed by atoms with Crippen LogP contribution >= 0.6 is 22.9 Å². The highest BCUT2D eigenvalue weighted by Gasteiger charge is 2.10. The summed E-state index contributed by atoms with van der Waals surface area (Å²) in [5.74, 6) is -0.195. The first-order valence-electron chi connectivity index (χ1n) is 5.31. The summed E-state index contributed by atoms with van der Waals surface area (Å²) in [4.78, 5) is 16.0. The van der Waals surface area contributed by atoms with Crippen LogP contribution in [0, 0.1) is 0 Å². The second kappa shape index (κ2) is 5.80. The fraction of sp³-hybridized carbons (Fsp3) is 0.0769. The van der Waals surface area contributed by atoms with Crippen LogP contribution in [0.5, 0.6) is 0 Å². The van der Waals surface area contributed by atoms with E-state index in [2.05, 4.69) is 16.9 Å². The van der Waals surface area contributed by atoms with Crippen LogP contribution in [-0.4, -0.2) is 17.4 Å². The fourth-order valence-electron chi connectivity index (χ4n) is 1.39. The van der Waals surface area contributed by atoms with Gasteiger partial charge in [-0.15, -0.1) is 17.9 Å². The molecule has 1 amide bonds. The molecule has 0 aliphatic rings. The van der Waals surface area contributed by atoms with Gasteiger partial charge in [0.1, 0.15) is 10.7 Å². The Morgan fingerprint density at radius 1 is 1.56 bits per heavy atom. The fourth-order valence-corrected chi connectivity index (χ4v) is 2.37. The number of nitrogens with one attached hydrogen (secondary N) is 1. The Balaban J connectivity index is 2.20. The van der Waals surface area contributed by atoms with Crippen molar-refractivity contribution in [3.63, 3.8) is 0 Å². The monoisotopic (exact) mass is 278 g/mol. The third-order valence-electron chi connectivity index (χ3n) is 2.22. The molecule has 2 aromatic rings. The summed E-state index contributed by atoms with van der Waals surface area (Å²) >= 11 is 7.34. The predicted octanol–water partition coefficient (Wildman–Crippen LogP) is 3.38. The Kier molecular flexibility index (Phi) is 4.12. The van der Waals surface area contributed by atoms with E-state index in [4.69, 9.17) is 11.6 Å². The molecule has 1 aromatic heterocycles. The molecule has 0 bridgehead atoms. The van der Waals surface area contributed by atoms with Crippen LogP contribution in [0.3, 0.4) is 0 Å². The van der Waals surface area contributed by atoms with Gasteiger partial charge in [-0.05, 0) is 12.1 Å². The molecular weight excluding hydrogens is 268 g/mol. The summed E-state index contributed by atoms with van der Waals surface area (Å²) < 4.78 is 0. The molecule has 0 aliphatic carbocycles. The molecule has 1 aromatic carbocycles. The number of benzene rings is 1. The number of hydrogen-bond acceptors (Lipinski definition) is 3. The average molecular weight is 279 g/mol. The number of amides is 1. The van der Waals surface area contributed by atoms with Gasteiger partial charge in [-0.3, -0.25) is 4.79 Å². The standard InChI is InChI=1S/C13H11ClN2OS/c1-2-6-15-12(17)11-8-18-13(16-11)9-4-3-5-10(14)7-9/h2-5,7-8H,1,6H2,(H,15,17). The summed E-state index contributed by atoms with van der Waals surface area (Å²) in [6.07, 6.45) is 1.63. The maximum Gasteiger partial charge on any atom is 0.271 e. The van der Waals surface area contributed by atoms with Gasteiger partial charge in [0.15, 0.2) is 0 Å². The van der Waals surface area contributed by atoms with Crippen LogP contribution in [-0.2, 0) is 0 Å². The smallest absolute Gasteiger partial charge is 0.271 e. The van der Waals surface area contributed by atoms with Crippen LogP contribution in [0.2, 0.25) is 5.02 Å². The van der Waals surface area contributed by atoms with E-state index in [1.807, 2.05) is 18.2 Å². The van der Waals surface area contributed by atoms with Gasteiger partial charge in [-0.1, -0.05) is 29.8 Å². The molecule has 2 rings (SSSR count). The third kappa shape index (κ3) is 2.97. The number of carbonyl (C=O) groups is 1. The van der Waals surface area contributed by atoms with E-state index < -0.39 is 0 Å². The molecule has 0 fully saturated rings. The minimum absolute atomic E-state index is 0.195. The molecule has 92 valence electrons. The maximum atomic E-state index is 11.7. The zero-order valence-corrected chi connectivity index (χ0v) is 11.1. The molecule has 5 heteroatoms. The Hall–Kier alpha value is -1.65. The SMILES string of the molecule is C=CCNC(=O)c1csc(-c2cccc(Cl)c2)n1. The Morgan fingerprint density at radius 3 is 3.11 bits per heavy atom. The van der Waals surface area contributed by atoms with Crippen molar-refractivity contribution in [2.24, 2.45) is 0 Å². The molecule has 0 aliphatic heterocycles. The molecule has 0 unspecified atom stereocenters.